The Morgan fingerprint density at radius 3 is 2.22 bits per heavy atom. The van der Waals surface area contributed by atoms with E-state index in [-0.39, 0.29) is 24.0 Å². The van der Waals surface area contributed by atoms with Crippen LogP contribution in [0, 0.1) is 17.3 Å². The fourth-order valence-electron chi connectivity index (χ4n) is 2.25. The summed E-state index contributed by atoms with van der Waals surface area (Å²) in [5, 5.41) is 9.60. The average Bonchev–Trinajstić information content (AvgIpc) is 3.04. The lowest BCUT2D eigenvalue weighted by Crippen LogP contribution is -2.49. The number of carbonyl (C=O) groups excluding carboxylic acids is 1. The molecule has 1 aliphatic carbocycles. The Balaban J connectivity index is 2.77. The molecule has 0 saturated heterocycles. The lowest BCUT2D eigenvalue weighted by atomic mass is 9.92. The highest BCUT2D eigenvalue weighted by atomic mass is 16.3. The number of nitrogens with zero attached hydrogens (tertiary/aromatic N) is 1. The summed E-state index contributed by atoms with van der Waals surface area (Å²) in [4.78, 5) is 14.5. The molecular formula is C15H29NO2. The molecule has 0 bridgehead atoms. The first-order valence-corrected chi connectivity index (χ1v) is 7.17. The lowest BCUT2D eigenvalue weighted by Gasteiger charge is -2.36. The molecule has 1 aliphatic rings. The Bertz CT molecular complexity index is 277. The van der Waals surface area contributed by atoms with Crippen LogP contribution in [0.3, 0.4) is 0 Å². The highest BCUT2D eigenvalue weighted by molar-refractivity contribution is 5.81. The Hall–Kier alpha value is -0.570. The number of carbonyl (C=O) groups is 1. The highest BCUT2D eigenvalue weighted by Crippen LogP contribution is 2.32. The third-order valence-corrected chi connectivity index (χ3v) is 3.45. The van der Waals surface area contributed by atoms with E-state index in [4.69, 9.17) is 0 Å². The number of amides is 1. The molecule has 1 saturated carbocycles. The second-order valence-electron chi connectivity index (χ2n) is 7.12. The first-order chi connectivity index (χ1) is 8.25. The number of hydrogen-bond donors (Lipinski definition) is 1. The summed E-state index contributed by atoms with van der Waals surface area (Å²) in [7, 11) is 0. The minimum absolute atomic E-state index is 0.0164. The van der Waals surface area contributed by atoms with E-state index in [1.54, 1.807) is 0 Å². The third-order valence-electron chi connectivity index (χ3n) is 3.45. The molecule has 0 heterocycles. The van der Waals surface area contributed by atoms with E-state index in [1.807, 2.05) is 25.7 Å². The van der Waals surface area contributed by atoms with Crippen LogP contribution in [0.5, 0.6) is 0 Å². The van der Waals surface area contributed by atoms with Crippen molar-refractivity contribution >= 4 is 5.91 Å². The van der Waals surface area contributed by atoms with E-state index in [9.17, 15) is 9.90 Å². The molecule has 0 aromatic rings. The zero-order chi connectivity index (χ0) is 13.9. The minimum atomic E-state index is -0.362. The van der Waals surface area contributed by atoms with E-state index >= 15 is 0 Å². The molecule has 0 radical (unpaired) electrons. The summed E-state index contributed by atoms with van der Waals surface area (Å²) < 4.78 is 0. The zero-order valence-corrected chi connectivity index (χ0v) is 12.6. The maximum Gasteiger partial charge on any atom is 0.228 e. The number of hydrogen-bond acceptors (Lipinski definition) is 2. The Labute approximate surface area is 112 Å². The smallest absolute Gasteiger partial charge is 0.228 e. The van der Waals surface area contributed by atoms with Crippen LogP contribution in [0.25, 0.3) is 0 Å². The van der Waals surface area contributed by atoms with Gasteiger partial charge in [-0.3, -0.25) is 4.79 Å². The normalized spacial score (nSPS) is 17.9. The molecule has 0 aromatic carbocycles. The molecule has 1 atom stereocenters. The number of aliphatic hydroxyl groups excluding tert-OH is 1. The Kier molecular flexibility index (Phi) is 5.20. The molecule has 3 nitrogen and oxygen atoms in total. The van der Waals surface area contributed by atoms with Gasteiger partial charge in [-0.1, -0.05) is 34.6 Å². The highest BCUT2D eigenvalue weighted by Gasteiger charge is 2.35. The van der Waals surface area contributed by atoms with Crippen LogP contribution in [0.15, 0.2) is 0 Å². The molecule has 18 heavy (non-hydrogen) atoms. The van der Waals surface area contributed by atoms with E-state index < -0.39 is 0 Å². The second kappa shape index (κ2) is 6.05. The standard InChI is InChI=1S/C15H29NO2/c1-11(2)8-13(10-17)16(9-12-6-7-12)14(18)15(3,4)5/h11-13,17H,6-10H2,1-5H3/t13-/m1/s1. The molecule has 3 heteroatoms. The summed E-state index contributed by atoms with van der Waals surface area (Å²) in [5.74, 6) is 1.34. The second-order valence-corrected chi connectivity index (χ2v) is 7.12. The van der Waals surface area contributed by atoms with Crippen LogP contribution in [0.4, 0.5) is 0 Å². The monoisotopic (exact) mass is 255 g/mol. The molecule has 0 aliphatic heterocycles. The molecule has 0 unspecified atom stereocenters. The predicted molar refractivity (Wildman–Crippen MR) is 74.2 cm³/mol. The van der Waals surface area contributed by atoms with Crippen LogP contribution in [0.2, 0.25) is 0 Å². The molecule has 1 fully saturated rings. The van der Waals surface area contributed by atoms with Crippen molar-refractivity contribution in [2.24, 2.45) is 17.3 Å². The first-order valence-electron chi connectivity index (χ1n) is 7.17. The third kappa shape index (κ3) is 4.60. The number of rotatable bonds is 6. The molecular weight excluding hydrogens is 226 g/mol. The first kappa shape index (κ1) is 15.5. The van der Waals surface area contributed by atoms with Gasteiger partial charge in [0, 0.05) is 12.0 Å². The Morgan fingerprint density at radius 1 is 1.33 bits per heavy atom. The van der Waals surface area contributed by atoms with Gasteiger partial charge in [0.25, 0.3) is 0 Å². The van der Waals surface area contributed by atoms with Crippen molar-refractivity contribution in [2.45, 2.75) is 59.9 Å². The molecule has 1 amide bonds. The van der Waals surface area contributed by atoms with Gasteiger partial charge in [-0.15, -0.1) is 0 Å². The quantitative estimate of drug-likeness (QED) is 0.792. The van der Waals surface area contributed by atoms with Gasteiger partial charge in [-0.05, 0) is 31.1 Å². The average molecular weight is 255 g/mol. The van der Waals surface area contributed by atoms with Crippen molar-refractivity contribution < 1.29 is 9.90 Å². The van der Waals surface area contributed by atoms with Crippen molar-refractivity contribution in [3.63, 3.8) is 0 Å². The van der Waals surface area contributed by atoms with Gasteiger partial charge in [-0.25, -0.2) is 0 Å². The van der Waals surface area contributed by atoms with Gasteiger partial charge in [0.1, 0.15) is 0 Å². The molecule has 0 aromatic heterocycles. The van der Waals surface area contributed by atoms with E-state index in [1.165, 1.54) is 12.8 Å². The zero-order valence-electron chi connectivity index (χ0n) is 12.6. The SMILES string of the molecule is CC(C)C[C@H](CO)N(CC1CC1)C(=O)C(C)(C)C. The molecule has 1 rings (SSSR count). The van der Waals surface area contributed by atoms with Crippen LogP contribution < -0.4 is 0 Å². The molecule has 1 N–H and O–H groups in total. The van der Waals surface area contributed by atoms with Crippen LogP contribution in [-0.2, 0) is 4.79 Å². The van der Waals surface area contributed by atoms with Crippen LogP contribution in [-0.4, -0.2) is 35.1 Å². The Morgan fingerprint density at radius 2 is 1.89 bits per heavy atom. The van der Waals surface area contributed by atoms with E-state index in [0.29, 0.717) is 11.8 Å². The number of aliphatic hydroxyl groups is 1. The van der Waals surface area contributed by atoms with Crippen molar-refractivity contribution in [1.82, 2.24) is 4.90 Å². The van der Waals surface area contributed by atoms with Crippen molar-refractivity contribution in [3.05, 3.63) is 0 Å². The fourth-order valence-corrected chi connectivity index (χ4v) is 2.25. The molecule has 106 valence electrons. The van der Waals surface area contributed by atoms with E-state index in [0.717, 1.165) is 13.0 Å². The van der Waals surface area contributed by atoms with Crippen molar-refractivity contribution in [3.8, 4) is 0 Å². The summed E-state index contributed by atoms with van der Waals surface area (Å²) in [6, 6.07) is -0.0164. The van der Waals surface area contributed by atoms with Gasteiger partial charge in [-0.2, -0.15) is 0 Å². The van der Waals surface area contributed by atoms with Crippen molar-refractivity contribution in [2.75, 3.05) is 13.2 Å². The lowest BCUT2D eigenvalue weighted by molar-refractivity contribution is -0.143. The van der Waals surface area contributed by atoms with Crippen molar-refractivity contribution in [1.29, 1.82) is 0 Å². The van der Waals surface area contributed by atoms with Gasteiger partial charge >= 0.3 is 0 Å². The minimum Gasteiger partial charge on any atom is -0.394 e. The maximum atomic E-state index is 12.5. The topological polar surface area (TPSA) is 40.5 Å². The van der Waals surface area contributed by atoms with Crippen LogP contribution >= 0.6 is 0 Å². The van der Waals surface area contributed by atoms with Crippen LogP contribution in [0.1, 0.15) is 53.9 Å². The predicted octanol–water partition coefficient (Wildman–Crippen LogP) is 2.68. The van der Waals surface area contributed by atoms with Gasteiger partial charge in [0.2, 0.25) is 5.91 Å². The van der Waals surface area contributed by atoms with Gasteiger partial charge in [0.05, 0.1) is 12.6 Å². The fraction of sp³-hybridized carbons (Fsp3) is 0.933. The van der Waals surface area contributed by atoms with Gasteiger partial charge in [0.15, 0.2) is 0 Å². The summed E-state index contributed by atoms with van der Waals surface area (Å²) in [6.07, 6.45) is 3.34. The largest absolute Gasteiger partial charge is 0.394 e. The summed E-state index contributed by atoms with van der Waals surface area (Å²) in [5.41, 5.74) is -0.362. The molecule has 0 spiro atoms. The van der Waals surface area contributed by atoms with E-state index in [2.05, 4.69) is 13.8 Å². The van der Waals surface area contributed by atoms with Gasteiger partial charge < -0.3 is 10.0 Å². The summed E-state index contributed by atoms with van der Waals surface area (Å²) >= 11 is 0. The summed E-state index contributed by atoms with van der Waals surface area (Å²) in [6.45, 7) is 11.1. The maximum absolute atomic E-state index is 12.5.